The van der Waals surface area contributed by atoms with E-state index >= 15 is 0 Å². The van der Waals surface area contributed by atoms with Gasteiger partial charge in [0.25, 0.3) is 0 Å². The van der Waals surface area contributed by atoms with Gasteiger partial charge in [-0.1, -0.05) is 25.7 Å². The van der Waals surface area contributed by atoms with Crippen molar-refractivity contribution < 1.29 is 4.79 Å². The van der Waals surface area contributed by atoms with Crippen molar-refractivity contribution in [3.63, 3.8) is 0 Å². The van der Waals surface area contributed by atoms with Crippen LogP contribution in [-0.4, -0.2) is 29.9 Å². The molecule has 0 aromatic rings. The Kier molecular flexibility index (Phi) is 7.02. The van der Waals surface area contributed by atoms with Gasteiger partial charge < -0.3 is 10.6 Å². The molecule has 3 nitrogen and oxygen atoms in total. The van der Waals surface area contributed by atoms with E-state index in [1.165, 1.54) is 32.1 Å². The largest absolute Gasteiger partial charge is 0.343 e. The number of hydrogen-bond donors (Lipinski definition) is 1. The molecule has 106 valence electrons. The van der Waals surface area contributed by atoms with Gasteiger partial charge in [0.2, 0.25) is 5.91 Å². The fraction of sp³-hybridized carbons (Fsp3) is 0.929. The van der Waals surface area contributed by atoms with Gasteiger partial charge in [-0.3, -0.25) is 4.79 Å². The third-order valence-corrected chi connectivity index (χ3v) is 4.37. The van der Waals surface area contributed by atoms with Crippen LogP contribution in [0.4, 0.5) is 0 Å². The number of piperidine rings is 1. The zero-order valence-electron chi connectivity index (χ0n) is 11.3. The summed E-state index contributed by atoms with van der Waals surface area (Å²) in [5.74, 6) is 1.27. The Morgan fingerprint density at radius 3 is 2.33 bits per heavy atom. The van der Waals surface area contributed by atoms with Crippen molar-refractivity contribution in [1.82, 2.24) is 4.90 Å². The predicted octanol–water partition coefficient (Wildman–Crippen LogP) is 2.72. The van der Waals surface area contributed by atoms with Crippen LogP contribution in [0.3, 0.4) is 0 Å². The number of halogens is 1. The molecule has 1 amide bonds. The molecule has 1 aliphatic carbocycles. The summed E-state index contributed by atoms with van der Waals surface area (Å²) >= 11 is 0. The predicted molar refractivity (Wildman–Crippen MR) is 76.8 cm³/mol. The molecule has 0 radical (unpaired) electrons. The van der Waals surface area contributed by atoms with Crippen LogP contribution in [0.25, 0.3) is 0 Å². The van der Waals surface area contributed by atoms with Crippen LogP contribution in [0.15, 0.2) is 0 Å². The summed E-state index contributed by atoms with van der Waals surface area (Å²) in [7, 11) is 0. The second-order valence-electron chi connectivity index (χ2n) is 5.76. The number of rotatable bonds is 4. The quantitative estimate of drug-likeness (QED) is 0.857. The fourth-order valence-corrected chi connectivity index (χ4v) is 3.15. The molecule has 4 heteroatoms. The van der Waals surface area contributed by atoms with Gasteiger partial charge >= 0.3 is 0 Å². The molecule has 2 fully saturated rings. The first-order valence-electron chi connectivity index (χ1n) is 7.29. The molecule has 1 aliphatic heterocycles. The smallest absolute Gasteiger partial charge is 0.222 e. The van der Waals surface area contributed by atoms with Crippen molar-refractivity contribution in [2.45, 2.75) is 63.8 Å². The van der Waals surface area contributed by atoms with Crippen molar-refractivity contribution in [3.05, 3.63) is 0 Å². The minimum atomic E-state index is 0. The normalized spacial score (nSPS) is 21.9. The highest BCUT2D eigenvalue weighted by molar-refractivity contribution is 5.85. The highest BCUT2D eigenvalue weighted by Crippen LogP contribution is 2.29. The van der Waals surface area contributed by atoms with Crippen molar-refractivity contribution in [2.24, 2.45) is 11.7 Å². The van der Waals surface area contributed by atoms with E-state index in [2.05, 4.69) is 0 Å². The Morgan fingerprint density at radius 2 is 1.72 bits per heavy atom. The van der Waals surface area contributed by atoms with Crippen molar-refractivity contribution in [1.29, 1.82) is 0 Å². The van der Waals surface area contributed by atoms with Crippen LogP contribution in [0.5, 0.6) is 0 Å². The standard InChI is InChI=1S/C14H26N2O.ClH/c15-13-8-10-16(11-9-13)14(17)7-3-6-12-4-1-2-5-12;/h12-13H,1-11,15H2;1H. The van der Waals surface area contributed by atoms with Crippen molar-refractivity contribution in [3.8, 4) is 0 Å². The minimum Gasteiger partial charge on any atom is -0.343 e. The van der Waals surface area contributed by atoms with Crippen LogP contribution >= 0.6 is 12.4 Å². The van der Waals surface area contributed by atoms with Crippen LogP contribution in [0.1, 0.15) is 57.8 Å². The highest BCUT2D eigenvalue weighted by Gasteiger charge is 2.21. The molecule has 2 rings (SSSR count). The molecule has 0 unspecified atom stereocenters. The maximum atomic E-state index is 12.0. The van der Waals surface area contributed by atoms with E-state index in [1.54, 1.807) is 0 Å². The van der Waals surface area contributed by atoms with Gasteiger partial charge in [0.1, 0.15) is 0 Å². The first-order chi connectivity index (χ1) is 8.25. The monoisotopic (exact) mass is 274 g/mol. The zero-order chi connectivity index (χ0) is 12.1. The van der Waals surface area contributed by atoms with Gasteiger partial charge in [0.05, 0.1) is 0 Å². The van der Waals surface area contributed by atoms with Gasteiger partial charge in [-0.2, -0.15) is 0 Å². The van der Waals surface area contributed by atoms with E-state index in [1.807, 2.05) is 4.90 Å². The van der Waals surface area contributed by atoms with E-state index < -0.39 is 0 Å². The molecule has 0 bridgehead atoms. The Bertz CT molecular complexity index is 246. The number of nitrogens with two attached hydrogens (primary N) is 1. The number of amides is 1. The molecule has 0 atom stereocenters. The van der Waals surface area contributed by atoms with Crippen LogP contribution in [0, 0.1) is 5.92 Å². The maximum Gasteiger partial charge on any atom is 0.222 e. The lowest BCUT2D eigenvalue weighted by Crippen LogP contribution is -2.42. The van der Waals surface area contributed by atoms with E-state index in [9.17, 15) is 4.79 Å². The first kappa shape index (κ1) is 15.8. The Hall–Kier alpha value is -0.280. The maximum absolute atomic E-state index is 12.0. The molecule has 0 aromatic heterocycles. The lowest BCUT2D eigenvalue weighted by Gasteiger charge is -2.30. The average molecular weight is 275 g/mol. The number of hydrogen-bond acceptors (Lipinski definition) is 2. The third kappa shape index (κ3) is 4.77. The lowest BCUT2D eigenvalue weighted by atomic mass is 10.00. The summed E-state index contributed by atoms with van der Waals surface area (Å²) in [4.78, 5) is 14.0. The number of likely N-dealkylation sites (tertiary alicyclic amines) is 1. The van der Waals surface area contributed by atoms with Crippen LogP contribution in [0.2, 0.25) is 0 Å². The van der Waals surface area contributed by atoms with Gasteiger partial charge in [-0.15, -0.1) is 12.4 Å². The molecular formula is C14H27ClN2O. The molecule has 0 spiro atoms. The van der Waals surface area contributed by atoms with Crippen molar-refractivity contribution in [2.75, 3.05) is 13.1 Å². The van der Waals surface area contributed by atoms with E-state index in [0.29, 0.717) is 11.9 Å². The van der Waals surface area contributed by atoms with E-state index in [4.69, 9.17) is 5.73 Å². The molecule has 0 aromatic carbocycles. The molecular weight excluding hydrogens is 248 g/mol. The van der Waals surface area contributed by atoms with Gasteiger partial charge in [0, 0.05) is 25.6 Å². The van der Waals surface area contributed by atoms with Gasteiger partial charge in [-0.25, -0.2) is 0 Å². The molecule has 18 heavy (non-hydrogen) atoms. The Labute approximate surface area is 117 Å². The zero-order valence-corrected chi connectivity index (χ0v) is 12.1. The third-order valence-electron chi connectivity index (χ3n) is 4.37. The topological polar surface area (TPSA) is 46.3 Å². The second kappa shape index (κ2) is 8.00. The number of nitrogens with zero attached hydrogens (tertiary/aromatic N) is 1. The Balaban J connectivity index is 0.00000162. The summed E-state index contributed by atoms with van der Waals surface area (Å²) in [6.45, 7) is 1.76. The summed E-state index contributed by atoms with van der Waals surface area (Å²) in [5, 5.41) is 0. The van der Waals surface area contributed by atoms with E-state index in [-0.39, 0.29) is 12.4 Å². The van der Waals surface area contributed by atoms with Gasteiger partial charge in [-0.05, 0) is 31.6 Å². The molecule has 2 N–H and O–H groups in total. The van der Waals surface area contributed by atoms with E-state index in [0.717, 1.165) is 44.7 Å². The van der Waals surface area contributed by atoms with Gasteiger partial charge in [0.15, 0.2) is 0 Å². The number of carbonyl (C=O) groups is 1. The van der Waals surface area contributed by atoms with Crippen LogP contribution < -0.4 is 5.73 Å². The summed E-state index contributed by atoms with van der Waals surface area (Å²) in [5.41, 5.74) is 5.84. The average Bonchev–Trinajstić information content (AvgIpc) is 2.83. The minimum absolute atomic E-state index is 0. The first-order valence-corrected chi connectivity index (χ1v) is 7.29. The summed E-state index contributed by atoms with van der Waals surface area (Å²) in [6.07, 6.45) is 10.7. The SMILES string of the molecule is Cl.NC1CCN(C(=O)CCCC2CCCC2)CC1. The second-order valence-corrected chi connectivity index (χ2v) is 5.76. The molecule has 1 saturated carbocycles. The highest BCUT2D eigenvalue weighted by atomic mass is 35.5. The Morgan fingerprint density at radius 1 is 1.11 bits per heavy atom. The lowest BCUT2D eigenvalue weighted by molar-refractivity contribution is -0.132. The molecule has 2 aliphatic rings. The molecule has 1 saturated heterocycles. The number of carbonyl (C=O) groups excluding carboxylic acids is 1. The van der Waals surface area contributed by atoms with Crippen LogP contribution in [-0.2, 0) is 4.79 Å². The fourth-order valence-electron chi connectivity index (χ4n) is 3.15. The molecule has 1 heterocycles. The summed E-state index contributed by atoms with van der Waals surface area (Å²) < 4.78 is 0. The van der Waals surface area contributed by atoms with Crippen molar-refractivity contribution >= 4 is 18.3 Å². The summed E-state index contributed by atoms with van der Waals surface area (Å²) in [6, 6.07) is 0.317.